The third-order valence-corrected chi connectivity index (χ3v) is 1.39. The van der Waals surface area contributed by atoms with E-state index >= 15 is 0 Å². The van der Waals surface area contributed by atoms with E-state index in [9.17, 15) is 0 Å². The maximum absolute atomic E-state index is 8.43. The molecule has 0 aromatic rings. The van der Waals surface area contributed by atoms with Crippen molar-refractivity contribution in [2.24, 2.45) is 5.92 Å². The van der Waals surface area contributed by atoms with E-state index < -0.39 is 0 Å². The highest BCUT2D eigenvalue weighted by Gasteiger charge is 2.26. The van der Waals surface area contributed by atoms with Crippen LogP contribution in [0, 0.1) is 5.92 Å². The first-order valence-corrected chi connectivity index (χ1v) is 2.57. The first-order chi connectivity index (χ1) is 3.34. The molecule has 7 heavy (non-hydrogen) atoms. The van der Waals surface area contributed by atoms with Crippen molar-refractivity contribution in [3.05, 3.63) is 0 Å². The van der Waals surface area contributed by atoms with E-state index in [0.717, 1.165) is 6.61 Å². The molecule has 0 aromatic heterocycles. The Hall–Kier alpha value is -0.0800. The Morgan fingerprint density at radius 1 is 1.86 bits per heavy atom. The second-order valence-corrected chi connectivity index (χ2v) is 2.03. The minimum Gasteiger partial charge on any atom is -0.394 e. The van der Waals surface area contributed by atoms with Crippen LogP contribution in [-0.4, -0.2) is 24.4 Å². The van der Waals surface area contributed by atoms with E-state index in [1.54, 1.807) is 0 Å². The molecule has 0 aromatic carbocycles. The van der Waals surface area contributed by atoms with E-state index in [1.807, 2.05) is 0 Å². The lowest BCUT2D eigenvalue weighted by molar-refractivity contribution is -0.127. The third kappa shape index (κ3) is 0.763. The van der Waals surface area contributed by atoms with Gasteiger partial charge in [0, 0.05) is 5.92 Å². The van der Waals surface area contributed by atoms with Crippen LogP contribution in [0.5, 0.6) is 0 Å². The van der Waals surface area contributed by atoms with E-state index in [-0.39, 0.29) is 12.7 Å². The fourth-order valence-electron chi connectivity index (χ4n) is 0.657. The summed E-state index contributed by atoms with van der Waals surface area (Å²) in [5, 5.41) is 8.43. The van der Waals surface area contributed by atoms with E-state index in [1.165, 1.54) is 0 Å². The molecule has 2 atom stereocenters. The molecule has 0 radical (unpaired) electrons. The highest BCUT2D eigenvalue weighted by molar-refractivity contribution is 4.72. The predicted molar refractivity (Wildman–Crippen MR) is 26.0 cm³/mol. The molecule has 1 aliphatic heterocycles. The number of hydrogen-bond donors (Lipinski definition) is 1. The summed E-state index contributed by atoms with van der Waals surface area (Å²) >= 11 is 0. The molecule has 2 nitrogen and oxygen atoms in total. The number of ether oxygens (including phenoxy) is 1. The summed E-state index contributed by atoms with van der Waals surface area (Å²) in [7, 11) is 0. The van der Waals surface area contributed by atoms with Gasteiger partial charge in [-0.05, 0) is 0 Å². The van der Waals surface area contributed by atoms with Gasteiger partial charge >= 0.3 is 0 Å². The Balaban J connectivity index is 2.16. The van der Waals surface area contributed by atoms with Crippen molar-refractivity contribution in [3.8, 4) is 0 Å². The second-order valence-electron chi connectivity index (χ2n) is 2.03. The van der Waals surface area contributed by atoms with Gasteiger partial charge in [-0.25, -0.2) is 0 Å². The summed E-state index contributed by atoms with van der Waals surface area (Å²) < 4.78 is 4.94. The average Bonchev–Trinajstić information content (AvgIpc) is 1.65. The summed E-state index contributed by atoms with van der Waals surface area (Å²) in [6.07, 6.45) is 0.139. The van der Waals surface area contributed by atoms with Crippen molar-refractivity contribution in [3.63, 3.8) is 0 Å². The van der Waals surface area contributed by atoms with Crippen molar-refractivity contribution in [2.75, 3.05) is 13.2 Å². The Kier molecular flexibility index (Phi) is 1.30. The number of hydrogen-bond acceptors (Lipinski definition) is 2. The van der Waals surface area contributed by atoms with Crippen molar-refractivity contribution in [1.29, 1.82) is 0 Å². The van der Waals surface area contributed by atoms with Crippen molar-refractivity contribution in [1.82, 2.24) is 0 Å². The SMILES string of the molecule is C[C@H]1CO[C@H]1CO. The minimum absolute atomic E-state index is 0.139. The van der Waals surface area contributed by atoms with Crippen LogP contribution in [0.3, 0.4) is 0 Å². The molecular weight excluding hydrogens is 92.1 g/mol. The molecule has 2 heteroatoms. The molecule has 1 heterocycles. The topological polar surface area (TPSA) is 29.5 Å². The molecule has 1 fully saturated rings. The van der Waals surface area contributed by atoms with Crippen LogP contribution in [0.15, 0.2) is 0 Å². The van der Waals surface area contributed by atoms with Gasteiger partial charge in [-0.2, -0.15) is 0 Å². The zero-order valence-corrected chi connectivity index (χ0v) is 4.42. The van der Waals surface area contributed by atoms with Gasteiger partial charge in [-0.1, -0.05) is 6.92 Å². The summed E-state index contributed by atoms with van der Waals surface area (Å²) in [6, 6.07) is 0. The zero-order valence-electron chi connectivity index (χ0n) is 4.42. The van der Waals surface area contributed by atoms with Gasteiger partial charge < -0.3 is 9.84 Å². The standard InChI is InChI=1S/C5H10O2/c1-4-3-7-5(4)2-6/h4-6H,2-3H2,1H3/t4-,5-/m0/s1. The zero-order chi connectivity index (χ0) is 5.28. The molecule has 0 saturated carbocycles. The molecule has 42 valence electrons. The highest BCUT2D eigenvalue weighted by atomic mass is 16.5. The summed E-state index contributed by atoms with van der Waals surface area (Å²) in [6.45, 7) is 3.08. The van der Waals surface area contributed by atoms with Crippen LogP contribution in [0.2, 0.25) is 0 Å². The first kappa shape index (κ1) is 5.06. The smallest absolute Gasteiger partial charge is 0.0853 e. The Labute approximate surface area is 43.1 Å². The molecule has 1 saturated heterocycles. The Morgan fingerprint density at radius 2 is 2.57 bits per heavy atom. The molecule has 0 aliphatic carbocycles. The third-order valence-electron chi connectivity index (χ3n) is 1.39. The molecule has 1 rings (SSSR count). The summed E-state index contributed by atoms with van der Waals surface area (Å²) in [4.78, 5) is 0. The largest absolute Gasteiger partial charge is 0.394 e. The van der Waals surface area contributed by atoms with Gasteiger partial charge in [0.2, 0.25) is 0 Å². The minimum atomic E-state index is 0.139. The molecule has 0 spiro atoms. The van der Waals surface area contributed by atoms with Gasteiger partial charge in [0.25, 0.3) is 0 Å². The molecule has 0 bridgehead atoms. The lowest BCUT2D eigenvalue weighted by atomic mass is 10.0. The summed E-state index contributed by atoms with van der Waals surface area (Å²) in [5.74, 6) is 0.574. The molecular formula is C5H10O2. The molecule has 1 aliphatic rings. The fourth-order valence-corrected chi connectivity index (χ4v) is 0.657. The number of aliphatic hydroxyl groups is 1. The summed E-state index contributed by atoms with van der Waals surface area (Å²) in [5.41, 5.74) is 0. The van der Waals surface area contributed by atoms with E-state index in [4.69, 9.17) is 9.84 Å². The first-order valence-electron chi connectivity index (χ1n) is 2.57. The van der Waals surface area contributed by atoms with Crippen LogP contribution < -0.4 is 0 Å². The average molecular weight is 102 g/mol. The Bertz CT molecular complexity index is 61.1. The predicted octanol–water partition coefficient (Wildman–Crippen LogP) is 0.0136. The molecule has 0 unspecified atom stereocenters. The second kappa shape index (κ2) is 1.80. The highest BCUT2D eigenvalue weighted by Crippen LogP contribution is 2.17. The Morgan fingerprint density at radius 3 is 2.57 bits per heavy atom. The monoisotopic (exact) mass is 102 g/mol. The maximum atomic E-state index is 8.43. The fraction of sp³-hybridized carbons (Fsp3) is 1.00. The van der Waals surface area contributed by atoms with Crippen LogP contribution in [0.4, 0.5) is 0 Å². The van der Waals surface area contributed by atoms with E-state index in [0.29, 0.717) is 5.92 Å². The van der Waals surface area contributed by atoms with Gasteiger partial charge in [0.15, 0.2) is 0 Å². The van der Waals surface area contributed by atoms with Gasteiger partial charge in [-0.3, -0.25) is 0 Å². The number of aliphatic hydroxyl groups excluding tert-OH is 1. The molecule has 1 N–H and O–H groups in total. The van der Waals surface area contributed by atoms with Crippen LogP contribution in [-0.2, 0) is 4.74 Å². The lowest BCUT2D eigenvalue weighted by Crippen LogP contribution is -2.40. The quantitative estimate of drug-likeness (QED) is 0.505. The van der Waals surface area contributed by atoms with Crippen LogP contribution in [0.1, 0.15) is 6.92 Å². The van der Waals surface area contributed by atoms with Crippen molar-refractivity contribution >= 4 is 0 Å². The van der Waals surface area contributed by atoms with E-state index in [2.05, 4.69) is 6.92 Å². The normalized spacial score (nSPS) is 40.3. The lowest BCUT2D eigenvalue weighted by Gasteiger charge is -2.32. The van der Waals surface area contributed by atoms with Gasteiger partial charge in [0.05, 0.1) is 19.3 Å². The van der Waals surface area contributed by atoms with Crippen molar-refractivity contribution in [2.45, 2.75) is 13.0 Å². The van der Waals surface area contributed by atoms with Gasteiger partial charge in [-0.15, -0.1) is 0 Å². The molecule has 0 amide bonds. The van der Waals surface area contributed by atoms with Gasteiger partial charge in [0.1, 0.15) is 0 Å². The van der Waals surface area contributed by atoms with Crippen LogP contribution in [0.25, 0.3) is 0 Å². The van der Waals surface area contributed by atoms with Crippen LogP contribution >= 0.6 is 0 Å². The maximum Gasteiger partial charge on any atom is 0.0853 e. The van der Waals surface area contributed by atoms with Crippen molar-refractivity contribution < 1.29 is 9.84 Å². The number of rotatable bonds is 1.